The molecule has 0 N–H and O–H groups in total. The molecule has 46 heteroatoms. The van der Waals surface area contributed by atoms with Crippen molar-refractivity contribution in [1.29, 1.82) is 0 Å². The van der Waals surface area contributed by atoms with Gasteiger partial charge in [-0.3, -0.25) is 0 Å². The van der Waals surface area contributed by atoms with Crippen molar-refractivity contribution < 1.29 is 176 Å². The number of halogens is 19. The van der Waals surface area contributed by atoms with Crippen molar-refractivity contribution in [3.63, 3.8) is 0 Å². The molecule has 116 heavy (non-hydrogen) atoms. The molecule has 0 aliphatic heterocycles. The third-order valence-corrected chi connectivity index (χ3v) is 20.2. The molecule has 10 aromatic rings. The van der Waals surface area contributed by atoms with Gasteiger partial charge in [0.1, 0.15) is 110 Å². The lowest BCUT2D eigenvalue weighted by Gasteiger charge is -2.16. The van der Waals surface area contributed by atoms with E-state index < -0.39 is 228 Å². The first kappa shape index (κ1) is 93.1. The van der Waals surface area contributed by atoms with Gasteiger partial charge in [-0.15, -0.1) is 0 Å². The highest BCUT2D eigenvalue weighted by Gasteiger charge is 2.38. The summed E-state index contributed by atoms with van der Waals surface area (Å²) in [5.41, 5.74) is 1.33. The Morgan fingerprint density at radius 2 is 0.569 bits per heavy atom. The highest BCUT2D eigenvalue weighted by atomic mass is 32.2. The predicted molar refractivity (Wildman–Crippen MR) is 360 cm³/mol. The van der Waals surface area contributed by atoms with E-state index in [-0.39, 0.29) is 23.0 Å². The van der Waals surface area contributed by atoms with Crippen LogP contribution in [0.15, 0.2) is 195 Å². The fourth-order valence-electron chi connectivity index (χ4n) is 8.73. The summed E-state index contributed by atoms with van der Waals surface area (Å²) >= 11 is 0. The van der Waals surface area contributed by atoms with Crippen LogP contribution in [0.25, 0.3) is 30.4 Å². The minimum atomic E-state index is -6.05. The summed E-state index contributed by atoms with van der Waals surface area (Å²) in [4.78, 5) is -12.1. The van der Waals surface area contributed by atoms with Crippen molar-refractivity contribution in [1.82, 2.24) is 0 Å². The zero-order valence-electron chi connectivity index (χ0n) is 56.3. The molecule has 0 fully saturated rings. The lowest BCUT2D eigenvalue weighted by Crippen LogP contribution is -2.16. The van der Waals surface area contributed by atoms with Crippen molar-refractivity contribution in [2.24, 2.45) is 0 Å². The van der Waals surface area contributed by atoms with Gasteiger partial charge >= 0.3 is 0 Å². The Hall–Kier alpha value is -11.7. The van der Waals surface area contributed by atoms with E-state index in [9.17, 15) is 157 Å². The average Bonchev–Trinajstić information content (AvgIpc) is 0.744. The fraction of sp³-hybridized carbons (Fsp3) is 0. The Morgan fingerprint density at radius 1 is 0.250 bits per heavy atom. The first-order valence-electron chi connectivity index (χ1n) is 29.6. The van der Waals surface area contributed by atoms with Crippen LogP contribution in [0.4, 0.5) is 83.4 Å². The van der Waals surface area contributed by atoms with Crippen molar-refractivity contribution >= 4 is 90.8 Å². The summed E-state index contributed by atoms with van der Waals surface area (Å²) in [5, 5.41) is 0. The maximum absolute atomic E-state index is 14.0. The van der Waals surface area contributed by atoms with Crippen molar-refractivity contribution in [3.8, 4) is 46.0 Å². The fourth-order valence-corrected chi connectivity index (χ4v) is 13.0. The standard InChI is InChI=1S/C14H4F8O4S.C14H8F4O5S2.C14H8F4O4S.C14H10F2O4S.C14H11FO4S/c1-2-3-4(15)6(17)12(7(18)5(3)16)26-13-8(19)10(21)14(27(23,24)25)11(22)9(13)20;1-2-7-3-5-8(6-4-7)24(19,20)13-9(15)11(17)14(25(21,22)23)12(18)10(13)16;1-2-7-4-3-5-8(6-7)22-13-9(15)11(17)14(23(19,20)21)12(18)10(13)16;1-2-9-3-5-10(6-4-9)20-11-7-12(15)14(13(16)8-11)21(17,18)19;1-2-10-3-5-11(6-4-10)19-14-8-7-12(9-13(14)15)20(16,17)18/h2H,1H2,(H,23,24,25);2-6H,1H2,(H,21,22,23);2-6H,1H2,(H,19,20,21);2-8H,1H2,(H,17,18,19);2-9H,1H2,(H,16,17,18)/p-5. The van der Waals surface area contributed by atoms with Gasteiger partial charge < -0.3 is 41.7 Å². The normalized spacial score (nSPS) is 11.5. The molecular weight excluding hydrogens is 1730 g/mol. The van der Waals surface area contributed by atoms with Crippen molar-refractivity contribution in [2.45, 2.75) is 34.3 Å². The topological polar surface area (TPSA) is 357 Å². The lowest BCUT2D eigenvalue weighted by molar-refractivity contribution is 0.315. The third kappa shape index (κ3) is 21.4. The number of benzene rings is 10. The van der Waals surface area contributed by atoms with Gasteiger partial charge in [-0.1, -0.05) is 112 Å². The molecule has 0 atom stereocenters. The number of hydrogen-bond donors (Lipinski definition) is 0. The molecule has 616 valence electrons. The van der Waals surface area contributed by atoms with Gasteiger partial charge in [0.05, 0.1) is 15.4 Å². The first-order valence-corrected chi connectivity index (χ1v) is 38.2. The second kappa shape index (κ2) is 36.8. The van der Waals surface area contributed by atoms with E-state index in [0.717, 1.165) is 35.4 Å². The smallest absolute Gasteiger partial charge is 0.212 e. The Kier molecular flexibility index (Phi) is 29.6. The average molecular weight is 1770 g/mol. The van der Waals surface area contributed by atoms with Gasteiger partial charge in [-0.25, -0.2) is 108 Å². The molecule has 0 aliphatic carbocycles. The number of ether oxygens (including phenoxy) is 4. The minimum Gasteiger partial charge on any atom is -0.744 e. The zero-order chi connectivity index (χ0) is 87.7. The van der Waals surface area contributed by atoms with Crippen molar-refractivity contribution in [3.05, 3.63) is 299 Å². The Morgan fingerprint density at radius 3 is 0.905 bits per heavy atom. The van der Waals surface area contributed by atoms with Crippen LogP contribution in [0.3, 0.4) is 0 Å². The number of rotatable bonds is 20. The number of sulfone groups is 1. The van der Waals surface area contributed by atoms with Gasteiger partial charge in [0.25, 0.3) is 0 Å². The van der Waals surface area contributed by atoms with E-state index in [2.05, 4.69) is 37.6 Å². The van der Waals surface area contributed by atoms with Gasteiger partial charge in [-0.2, -0.15) is 26.3 Å². The molecule has 0 spiro atoms. The van der Waals surface area contributed by atoms with Crippen LogP contribution in [0.2, 0.25) is 0 Å². The molecule has 0 heterocycles. The quantitative estimate of drug-likeness (QED) is 0.0388. The maximum atomic E-state index is 14.0. The molecular formula is C70H36F19O21S6-5. The van der Waals surface area contributed by atoms with Gasteiger partial charge in [0, 0.05) is 12.1 Å². The van der Waals surface area contributed by atoms with Crippen molar-refractivity contribution in [2.75, 3.05) is 0 Å². The minimum absolute atomic E-state index is 0.163. The summed E-state index contributed by atoms with van der Waals surface area (Å²) in [6.07, 6.45) is 6.34. The first-order chi connectivity index (χ1) is 53.6. The zero-order valence-corrected chi connectivity index (χ0v) is 61.1. The predicted octanol–water partition coefficient (Wildman–Crippen LogP) is 16.8. The Bertz CT molecular complexity index is 6210. The summed E-state index contributed by atoms with van der Waals surface area (Å²) < 4.78 is 465. The molecule has 10 aromatic carbocycles. The van der Waals surface area contributed by atoms with E-state index >= 15 is 0 Å². The molecule has 0 bridgehead atoms. The number of hydrogen-bond acceptors (Lipinski definition) is 21. The SMILES string of the molecule is C=Cc1c(F)c(F)c(Oc2c(F)c(F)c(S(=O)(=O)[O-])c(F)c2F)c(F)c1F.C=Cc1ccc(Oc2cc(F)c(S(=O)(=O)[O-])c(F)c2)cc1.C=Cc1ccc(Oc2ccc(S(=O)(=O)[O-])cc2F)cc1.C=Cc1ccc(S(=O)(=O)c2c(F)c(F)c(S(=O)(=O)[O-])c(F)c2F)cc1.C=Cc1cccc(Oc2c(F)c(F)c(S(=O)(=O)[O-])c(F)c2F)c1. The van der Waals surface area contributed by atoms with Crippen LogP contribution < -0.4 is 18.9 Å². The molecule has 10 rings (SSSR count). The van der Waals surface area contributed by atoms with Crippen LogP contribution >= 0.6 is 0 Å². The summed E-state index contributed by atoms with van der Waals surface area (Å²) in [5.74, 6) is -48.9. The molecule has 0 amide bonds. The van der Waals surface area contributed by atoms with Gasteiger partial charge in [0.2, 0.25) is 62.0 Å². The summed E-state index contributed by atoms with van der Waals surface area (Å²) in [7, 11) is -32.7. The van der Waals surface area contributed by atoms with E-state index in [1.807, 2.05) is 0 Å². The monoisotopic (exact) mass is 1760 g/mol. The summed E-state index contributed by atoms with van der Waals surface area (Å²) in [6, 6.07) is 26.9. The van der Waals surface area contributed by atoms with E-state index in [4.69, 9.17) is 14.2 Å². The lowest BCUT2D eigenvalue weighted by atomic mass is 10.1. The molecule has 21 nitrogen and oxygen atoms in total. The molecule has 0 saturated carbocycles. The third-order valence-electron chi connectivity index (χ3n) is 14.1. The van der Waals surface area contributed by atoms with Crippen LogP contribution in [0.1, 0.15) is 27.8 Å². The highest BCUT2D eigenvalue weighted by Crippen LogP contribution is 2.41. The second-order valence-electron chi connectivity index (χ2n) is 21.5. The van der Waals surface area contributed by atoms with Gasteiger partial charge in [0.15, 0.2) is 69.7 Å². The molecule has 0 saturated heterocycles. The highest BCUT2D eigenvalue weighted by molar-refractivity contribution is 7.91. The molecule has 0 aliphatic rings. The Balaban J connectivity index is 0.000000226. The van der Waals surface area contributed by atoms with Gasteiger partial charge in [-0.05, 0) is 89.0 Å². The van der Waals surface area contributed by atoms with Crippen LogP contribution in [0, 0.1) is 111 Å². The van der Waals surface area contributed by atoms with Crippen LogP contribution in [-0.4, -0.2) is 73.3 Å². The largest absolute Gasteiger partial charge is 0.744 e. The Labute approximate surface area is 642 Å². The van der Waals surface area contributed by atoms with E-state index in [1.54, 1.807) is 66.7 Å². The summed E-state index contributed by atoms with van der Waals surface area (Å²) in [6.45, 7) is 16.9. The molecule has 0 unspecified atom stereocenters. The molecule has 0 radical (unpaired) electrons. The molecule has 0 aromatic heterocycles. The van der Waals surface area contributed by atoms with Crippen LogP contribution in [-0.2, 0) is 60.4 Å². The van der Waals surface area contributed by atoms with Crippen LogP contribution in [0.5, 0.6) is 46.0 Å². The second-order valence-corrected chi connectivity index (χ2v) is 30.1. The van der Waals surface area contributed by atoms with E-state index in [1.165, 1.54) is 42.5 Å². The maximum Gasteiger partial charge on any atom is 0.212 e. The van der Waals surface area contributed by atoms with E-state index in [0.29, 0.717) is 41.2 Å².